The number of esters is 1. The van der Waals surface area contributed by atoms with Crippen molar-refractivity contribution in [1.82, 2.24) is 4.90 Å². The van der Waals surface area contributed by atoms with Crippen molar-refractivity contribution in [3.05, 3.63) is 0 Å². The van der Waals surface area contributed by atoms with E-state index >= 15 is 0 Å². The van der Waals surface area contributed by atoms with Gasteiger partial charge in [-0.25, -0.2) is 0 Å². The zero-order chi connectivity index (χ0) is 8.97. The minimum Gasteiger partial charge on any atom is -0.464 e. The predicted octanol–water partition coefficient (Wildman–Crippen LogP) is 0.257. The summed E-state index contributed by atoms with van der Waals surface area (Å²) in [6, 6.07) is -0.106. The molecule has 1 aliphatic heterocycles. The molecular weight excluding hydrogens is 154 g/mol. The molecule has 0 saturated carbocycles. The van der Waals surface area contributed by atoms with E-state index in [2.05, 4.69) is 5.92 Å². The lowest BCUT2D eigenvalue weighted by molar-refractivity contribution is -0.142. The van der Waals surface area contributed by atoms with Gasteiger partial charge in [0, 0.05) is 6.42 Å². The summed E-state index contributed by atoms with van der Waals surface area (Å²) in [5, 5.41) is 0. The van der Waals surface area contributed by atoms with Gasteiger partial charge in [-0.1, -0.05) is 12.8 Å². The molecule has 0 aromatic carbocycles. The Morgan fingerprint density at radius 2 is 2.58 bits per heavy atom. The second-order valence-corrected chi connectivity index (χ2v) is 2.74. The maximum Gasteiger partial charge on any atom is 0.323 e. The summed E-state index contributed by atoms with van der Waals surface area (Å²) in [5.41, 5.74) is 0. The van der Waals surface area contributed by atoms with E-state index in [-0.39, 0.29) is 12.0 Å². The van der Waals surface area contributed by atoms with E-state index in [1.54, 1.807) is 0 Å². The topological polar surface area (TPSA) is 29.5 Å². The second-order valence-electron chi connectivity index (χ2n) is 2.74. The molecule has 1 aliphatic rings. The molecule has 66 valence electrons. The number of terminal acetylenes is 1. The van der Waals surface area contributed by atoms with Gasteiger partial charge in [0.05, 0.1) is 13.2 Å². The lowest BCUT2D eigenvalue weighted by Crippen LogP contribution is -2.38. The molecule has 0 bridgehead atoms. The molecule has 0 amide bonds. The van der Waals surface area contributed by atoms with E-state index in [0.29, 0.717) is 13.2 Å². The number of ether oxygens (including phenoxy) is 1. The Morgan fingerprint density at radius 1 is 1.83 bits per heavy atom. The first-order chi connectivity index (χ1) is 5.79. The summed E-state index contributed by atoms with van der Waals surface area (Å²) in [4.78, 5) is 13.1. The van der Waals surface area contributed by atoms with Crippen molar-refractivity contribution in [2.24, 2.45) is 0 Å². The number of hydrogen-bond donors (Lipinski definition) is 0. The Kier molecular flexibility index (Phi) is 3.12. The molecule has 12 heavy (non-hydrogen) atoms. The van der Waals surface area contributed by atoms with Crippen molar-refractivity contribution in [2.75, 3.05) is 19.7 Å². The van der Waals surface area contributed by atoms with Crippen LogP contribution < -0.4 is 0 Å². The minimum atomic E-state index is -0.132. The van der Waals surface area contributed by atoms with Crippen LogP contribution in [0, 0.1) is 12.3 Å². The number of carbonyl (C=O) groups is 1. The molecule has 1 atom stereocenters. The summed E-state index contributed by atoms with van der Waals surface area (Å²) < 4.78 is 4.85. The third-order valence-electron chi connectivity index (χ3n) is 2.05. The highest BCUT2D eigenvalue weighted by Crippen LogP contribution is 2.12. The SMILES string of the molecule is C#CCN(CC)C1CCOC1=O. The van der Waals surface area contributed by atoms with E-state index in [4.69, 9.17) is 11.2 Å². The first-order valence-electron chi connectivity index (χ1n) is 4.13. The van der Waals surface area contributed by atoms with Crippen LogP contribution in [0.4, 0.5) is 0 Å². The van der Waals surface area contributed by atoms with Crippen molar-refractivity contribution < 1.29 is 9.53 Å². The number of likely N-dealkylation sites (N-methyl/N-ethyl adjacent to an activating group) is 1. The van der Waals surface area contributed by atoms with Crippen molar-refractivity contribution in [1.29, 1.82) is 0 Å². The van der Waals surface area contributed by atoms with Crippen molar-refractivity contribution >= 4 is 5.97 Å². The molecule has 0 N–H and O–H groups in total. The highest BCUT2D eigenvalue weighted by molar-refractivity contribution is 5.77. The molecule has 1 saturated heterocycles. The van der Waals surface area contributed by atoms with Crippen LogP contribution in [0.25, 0.3) is 0 Å². The standard InChI is InChI=1S/C9H13NO2/c1-3-6-10(4-2)8-5-7-12-9(8)11/h1,8H,4-7H2,2H3. The summed E-state index contributed by atoms with van der Waals surface area (Å²) >= 11 is 0. The van der Waals surface area contributed by atoms with Gasteiger partial charge in [0.15, 0.2) is 0 Å². The van der Waals surface area contributed by atoms with Crippen LogP contribution in [0.15, 0.2) is 0 Å². The zero-order valence-corrected chi connectivity index (χ0v) is 7.25. The van der Waals surface area contributed by atoms with Crippen LogP contribution in [0.3, 0.4) is 0 Å². The number of cyclic esters (lactones) is 1. The third kappa shape index (κ3) is 1.77. The Hall–Kier alpha value is -1.01. The van der Waals surface area contributed by atoms with E-state index in [0.717, 1.165) is 13.0 Å². The molecule has 1 unspecified atom stereocenters. The molecule has 1 rings (SSSR count). The maximum absolute atomic E-state index is 11.1. The fraction of sp³-hybridized carbons (Fsp3) is 0.667. The first kappa shape index (κ1) is 9.08. The van der Waals surface area contributed by atoms with Gasteiger partial charge in [0.1, 0.15) is 6.04 Å². The lowest BCUT2D eigenvalue weighted by Gasteiger charge is -2.21. The molecule has 0 aromatic heterocycles. The van der Waals surface area contributed by atoms with Gasteiger partial charge in [-0.05, 0) is 6.54 Å². The van der Waals surface area contributed by atoms with Crippen LogP contribution in [0.1, 0.15) is 13.3 Å². The first-order valence-corrected chi connectivity index (χ1v) is 4.13. The van der Waals surface area contributed by atoms with E-state index in [1.807, 2.05) is 11.8 Å². The minimum absolute atomic E-state index is 0.106. The van der Waals surface area contributed by atoms with Gasteiger partial charge >= 0.3 is 5.97 Å². The Balaban J connectivity index is 2.53. The third-order valence-corrected chi connectivity index (χ3v) is 2.05. The zero-order valence-electron chi connectivity index (χ0n) is 7.25. The fourth-order valence-corrected chi connectivity index (χ4v) is 1.38. The quantitative estimate of drug-likeness (QED) is 0.446. The Morgan fingerprint density at radius 3 is 3.00 bits per heavy atom. The van der Waals surface area contributed by atoms with Crippen LogP contribution >= 0.6 is 0 Å². The number of nitrogens with zero attached hydrogens (tertiary/aromatic N) is 1. The van der Waals surface area contributed by atoms with Crippen LogP contribution in [0.2, 0.25) is 0 Å². The summed E-state index contributed by atoms with van der Waals surface area (Å²) in [7, 11) is 0. The number of hydrogen-bond acceptors (Lipinski definition) is 3. The van der Waals surface area contributed by atoms with E-state index in [1.165, 1.54) is 0 Å². The maximum atomic E-state index is 11.1. The van der Waals surface area contributed by atoms with Crippen molar-refractivity contribution in [2.45, 2.75) is 19.4 Å². The van der Waals surface area contributed by atoms with Gasteiger partial charge in [-0.2, -0.15) is 0 Å². The highest BCUT2D eigenvalue weighted by Gasteiger charge is 2.30. The molecule has 3 heteroatoms. The highest BCUT2D eigenvalue weighted by atomic mass is 16.5. The molecule has 1 fully saturated rings. The van der Waals surface area contributed by atoms with Gasteiger partial charge in [-0.15, -0.1) is 6.42 Å². The van der Waals surface area contributed by atoms with E-state index < -0.39 is 0 Å². The molecule has 3 nitrogen and oxygen atoms in total. The molecule has 0 aromatic rings. The second kappa shape index (κ2) is 4.13. The van der Waals surface area contributed by atoms with Crippen molar-refractivity contribution in [3.63, 3.8) is 0 Å². The Bertz CT molecular complexity index is 207. The Labute approximate surface area is 72.7 Å². The van der Waals surface area contributed by atoms with Gasteiger partial charge in [0.25, 0.3) is 0 Å². The summed E-state index contributed by atoms with van der Waals surface area (Å²) in [6.45, 7) is 3.84. The average Bonchev–Trinajstić information content (AvgIpc) is 2.47. The van der Waals surface area contributed by atoms with Crippen LogP contribution in [0.5, 0.6) is 0 Å². The fourth-order valence-electron chi connectivity index (χ4n) is 1.38. The number of rotatable bonds is 3. The normalized spacial score (nSPS) is 22.4. The molecule has 1 heterocycles. The van der Waals surface area contributed by atoms with Crippen LogP contribution in [-0.4, -0.2) is 36.6 Å². The predicted molar refractivity (Wildman–Crippen MR) is 45.4 cm³/mol. The summed E-state index contributed by atoms with van der Waals surface area (Å²) in [5.74, 6) is 2.40. The van der Waals surface area contributed by atoms with Gasteiger partial charge in [-0.3, -0.25) is 9.69 Å². The summed E-state index contributed by atoms with van der Waals surface area (Å²) in [6.07, 6.45) is 5.95. The smallest absolute Gasteiger partial charge is 0.323 e. The average molecular weight is 167 g/mol. The van der Waals surface area contributed by atoms with Crippen molar-refractivity contribution in [3.8, 4) is 12.3 Å². The molecule has 0 aliphatic carbocycles. The largest absolute Gasteiger partial charge is 0.464 e. The molecule has 0 spiro atoms. The molecular formula is C9H13NO2. The van der Waals surface area contributed by atoms with Gasteiger partial charge in [0.2, 0.25) is 0 Å². The number of carbonyl (C=O) groups excluding carboxylic acids is 1. The molecule has 0 radical (unpaired) electrons. The van der Waals surface area contributed by atoms with E-state index in [9.17, 15) is 4.79 Å². The van der Waals surface area contributed by atoms with Gasteiger partial charge < -0.3 is 4.74 Å². The van der Waals surface area contributed by atoms with Crippen LogP contribution in [-0.2, 0) is 9.53 Å². The monoisotopic (exact) mass is 167 g/mol. The lowest BCUT2D eigenvalue weighted by atomic mass is 10.2.